The first-order valence-corrected chi connectivity index (χ1v) is 7.67. The molecule has 0 saturated carbocycles. The molecule has 1 rings (SSSR count). The second-order valence-corrected chi connectivity index (χ2v) is 6.09. The van der Waals surface area contributed by atoms with Gasteiger partial charge < -0.3 is 35.0 Å². The Balaban J connectivity index is 2.63. The molecule has 1 aliphatic rings. The number of aliphatic hydroxyl groups is 5. The van der Waals surface area contributed by atoms with Gasteiger partial charge in [-0.05, 0) is 26.7 Å². The first-order valence-electron chi connectivity index (χ1n) is 7.67. The van der Waals surface area contributed by atoms with Crippen molar-refractivity contribution in [3.8, 4) is 0 Å². The zero-order chi connectivity index (χ0) is 18.5. The molecule has 8 heteroatoms. The van der Waals surface area contributed by atoms with Crippen LogP contribution in [0.5, 0.6) is 0 Å². The van der Waals surface area contributed by atoms with Gasteiger partial charge in [-0.2, -0.15) is 0 Å². The number of rotatable bonds is 7. The SMILES string of the molecule is C=CC(C)(O)CC/C=C(/C)C(=O)OC1OC(CO)C(O)C(O)C1O. The fraction of sp³-hybridized carbons (Fsp3) is 0.688. The van der Waals surface area contributed by atoms with Crippen molar-refractivity contribution in [1.29, 1.82) is 0 Å². The van der Waals surface area contributed by atoms with Crippen molar-refractivity contribution in [2.45, 2.75) is 63.0 Å². The number of ether oxygens (including phenoxy) is 2. The summed E-state index contributed by atoms with van der Waals surface area (Å²) in [5.41, 5.74) is -0.815. The van der Waals surface area contributed by atoms with E-state index in [1.807, 2.05) is 0 Å². The molecule has 0 aromatic heterocycles. The van der Waals surface area contributed by atoms with Gasteiger partial charge >= 0.3 is 5.97 Å². The minimum absolute atomic E-state index is 0.229. The fourth-order valence-electron chi connectivity index (χ4n) is 2.13. The minimum Gasteiger partial charge on any atom is -0.429 e. The molecule has 1 saturated heterocycles. The average Bonchev–Trinajstić information content (AvgIpc) is 2.54. The summed E-state index contributed by atoms with van der Waals surface area (Å²) >= 11 is 0. The molecule has 1 aliphatic heterocycles. The van der Waals surface area contributed by atoms with Crippen LogP contribution in [0.1, 0.15) is 26.7 Å². The average molecular weight is 346 g/mol. The van der Waals surface area contributed by atoms with Gasteiger partial charge in [0.05, 0.1) is 12.2 Å². The third-order valence-electron chi connectivity index (χ3n) is 3.93. The van der Waals surface area contributed by atoms with Crippen molar-refractivity contribution in [3.05, 3.63) is 24.3 Å². The quantitative estimate of drug-likeness (QED) is 0.225. The van der Waals surface area contributed by atoms with Gasteiger partial charge in [-0.25, -0.2) is 4.79 Å². The maximum atomic E-state index is 12.0. The molecule has 0 aromatic carbocycles. The molecular formula is C16H26O8. The van der Waals surface area contributed by atoms with Crippen LogP contribution in [0.25, 0.3) is 0 Å². The zero-order valence-corrected chi connectivity index (χ0v) is 13.8. The van der Waals surface area contributed by atoms with Crippen LogP contribution in [0.4, 0.5) is 0 Å². The number of carbonyl (C=O) groups is 1. The van der Waals surface area contributed by atoms with Crippen LogP contribution < -0.4 is 0 Å². The number of hydrogen-bond acceptors (Lipinski definition) is 8. The van der Waals surface area contributed by atoms with Crippen LogP contribution in [0.3, 0.4) is 0 Å². The van der Waals surface area contributed by atoms with Crippen LogP contribution in [-0.2, 0) is 14.3 Å². The third kappa shape index (κ3) is 5.37. The lowest BCUT2D eigenvalue weighted by Gasteiger charge is -2.39. The smallest absolute Gasteiger partial charge is 0.335 e. The van der Waals surface area contributed by atoms with E-state index in [-0.39, 0.29) is 5.57 Å². The monoisotopic (exact) mass is 346 g/mol. The molecule has 0 amide bonds. The first-order chi connectivity index (χ1) is 11.1. The number of carbonyl (C=O) groups excluding carboxylic acids is 1. The van der Waals surface area contributed by atoms with E-state index in [0.717, 1.165) is 0 Å². The summed E-state index contributed by atoms with van der Waals surface area (Å²) in [6, 6.07) is 0. The molecule has 0 radical (unpaired) electrons. The van der Waals surface area contributed by atoms with Crippen LogP contribution >= 0.6 is 0 Å². The molecule has 5 N–H and O–H groups in total. The summed E-state index contributed by atoms with van der Waals surface area (Å²) in [6.45, 7) is 5.99. The molecule has 0 spiro atoms. The molecule has 0 bridgehead atoms. The Morgan fingerprint density at radius 1 is 1.29 bits per heavy atom. The van der Waals surface area contributed by atoms with Crippen molar-refractivity contribution < 1.29 is 39.8 Å². The van der Waals surface area contributed by atoms with Crippen molar-refractivity contribution in [3.63, 3.8) is 0 Å². The highest BCUT2D eigenvalue weighted by molar-refractivity contribution is 5.87. The van der Waals surface area contributed by atoms with E-state index >= 15 is 0 Å². The second kappa shape index (κ2) is 8.70. The normalized spacial score (nSPS) is 33.6. The highest BCUT2D eigenvalue weighted by atomic mass is 16.7. The summed E-state index contributed by atoms with van der Waals surface area (Å²) in [5.74, 6) is -0.780. The Hall–Kier alpha value is -1.29. The molecule has 0 aliphatic carbocycles. The number of aliphatic hydroxyl groups excluding tert-OH is 4. The van der Waals surface area contributed by atoms with Gasteiger partial charge in [0.15, 0.2) is 0 Å². The molecule has 8 nitrogen and oxygen atoms in total. The van der Waals surface area contributed by atoms with Gasteiger partial charge in [0.25, 0.3) is 0 Å². The highest BCUT2D eigenvalue weighted by Gasteiger charge is 2.45. The third-order valence-corrected chi connectivity index (χ3v) is 3.93. The van der Waals surface area contributed by atoms with Crippen LogP contribution in [-0.4, -0.2) is 74.4 Å². The molecule has 1 fully saturated rings. The van der Waals surface area contributed by atoms with E-state index < -0.39 is 48.9 Å². The van der Waals surface area contributed by atoms with Crippen molar-refractivity contribution >= 4 is 5.97 Å². The topological polar surface area (TPSA) is 137 Å². The molecular weight excluding hydrogens is 320 g/mol. The standard InChI is InChI=1S/C16H26O8/c1-4-16(3,22)7-5-6-9(2)14(21)24-15-13(20)12(19)11(18)10(8-17)23-15/h4,6,10-13,15,17-20,22H,1,5,7-8H2,2-3H3/b9-6-. The van der Waals surface area contributed by atoms with Crippen LogP contribution in [0.15, 0.2) is 24.3 Å². The predicted octanol–water partition coefficient (Wildman–Crippen LogP) is -1.01. The van der Waals surface area contributed by atoms with E-state index in [4.69, 9.17) is 14.6 Å². The van der Waals surface area contributed by atoms with Gasteiger partial charge in [0, 0.05) is 5.57 Å². The Morgan fingerprint density at radius 2 is 1.92 bits per heavy atom. The van der Waals surface area contributed by atoms with Gasteiger partial charge in [-0.15, -0.1) is 6.58 Å². The minimum atomic E-state index is -1.64. The molecule has 6 atom stereocenters. The summed E-state index contributed by atoms with van der Waals surface area (Å²) < 4.78 is 10.1. The van der Waals surface area contributed by atoms with Crippen molar-refractivity contribution in [2.24, 2.45) is 0 Å². The van der Waals surface area contributed by atoms with Gasteiger partial charge in [0.2, 0.25) is 6.29 Å². The lowest BCUT2D eigenvalue weighted by Crippen LogP contribution is -2.59. The summed E-state index contributed by atoms with van der Waals surface area (Å²) in [5, 5.41) is 48.0. The van der Waals surface area contributed by atoms with Gasteiger partial charge in [-0.1, -0.05) is 12.2 Å². The largest absolute Gasteiger partial charge is 0.429 e. The summed E-state index contributed by atoms with van der Waals surface area (Å²) in [4.78, 5) is 12.0. The van der Waals surface area contributed by atoms with E-state index in [2.05, 4.69) is 6.58 Å². The van der Waals surface area contributed by atoms with Crippen molar-refractivity contribution in [2.75, 3.05) is 6.61 Å². The Bertz CT molecular complexity index is 471. The molecule has 24 heavy (non-hydrogen) atoms. The summed E-state index contributed by atoms with van der Waals surface area (Å²) in [6.07, 6.45) is -3.69. The number of hydrogen-bond donors (Lipinski definition) is 5. The van der Waals surface area contributed by atoms with E-state index in [1.54, 1.807) is 13.0 Å². The van der Waals surface area contributed by atoms with Gasteiger partial charge in [-0.3, -0.25) is 0 Å². The Morgan fingerprint density at radius 3 is 2.46 bits per heavy atom. The summed E-state index contributed by atoms with van der Waals surface area (Å²) in [7, 11) is 0. The van der Waals surface area contributed by atoms with Gasteiger partial charge in [0.1, 0.15) is 24.4 Å². The lowest BCUT2D eigenvalue weighted by atomic mass is 9.99. The molecule has 0 aromatic rings. The number of esters is 1. The highest BCUT2D eigenvalue weighted by Crippen LogP contribution is 2.23. The predicted molar refractivity (Wildman–Crippen MR) is 83.7 cm³/mol. The second-order valence-electron chi connectivity index (χ2n) is 6.09. The Kier molecular flexibility index (Phi) is 7.53. The van der Waals surface area contributed by atoms with E-state index in [1.165, 1.54) is 13.0 Å². The van der Waals surface area contributed by atoms with Crippen LogP contribution in [0.2, 0.25) is 0 Å². The van der Waals surface area contributed by atoms with Crippen LogP contribution in [0, 0.1) is 0 Å². The maximum absolute atomic E-state index is 12.0. The molecule has 1 heterocycles. The fourth-order valence-corrected chi connectivity index (χ4v) is 2.13. The van der Waals surface area contributed by atoms with Crippen molar-refractivity contribution in [1.82, 2.24) is 0 Å². The maximum Gasteiger partial charge on any atom is 0.335 e. The lowest BCUT2D eigenvalue weighted by molar-refractivity contribution is -0.291. The van der Waals surface area contributed by atoms with E-state index in [9.17, 15) is 25.2 Å². The zero-order valence-electron chi connectivity index (χ0n) is 13.8. The Labute approximate surface area is 140 Å². The van der Waals surface area contributed by atoms with E-state index in [0.29, 0.717) is 12.8 Å². The molecule has 138 valence electrons. The molecule has 6 unspecified atom stereocenters. The number of allylic oxidation sites excluding steroid dienone is 1. The first kappa shape index (κ1) is 20.8.